The van der Waals surface area contributed by atoms with Crippen molar-refractivity contribution in [1.82, 2.24) is 0 Å². The summed E-state index contributed by atoms with van der Waals surface area (Å²) in [6.07, 6.45) is 1.20. The van der Waals surface area contributed by atoms with Gasteiger partial charge in [-0.25, -0.2) is 0 Å². The van der Waals surface area contributed by atoms with Crippen LogP contribution < -0.4 is 5.43 Å². The number of aldehydes is 1. The van der Waals surface area contributed by atoms with E-state index in [9.17, 15) is 19.5 Å². The van der Waals surface area contributed by atoms with Gasteiger partial charge in [-0.15, -0.1) is 23.5 Å². The second-order valence-electron chi connectivity index (χ2n) is 7.64. The molecule has 3 aliphatic rings. The Morgan fingerprint density at radius 2 is 1.94 bits per heavy atom. The molecular weight excluding hydrogens is 444 g/mol. The summed E-state index contributed by atoms with van der Waals surface area (Å²) in [4.78, 5) is 36.8. The lowest BCUT2D eigenvalue weighted by molar-refractivity contribution is 0.0984. The fourth-order valence-corrected chi connectivity index (χ4v) is 6.89. The highest BCUT2D eigenvalue weighted by molar-refractivity contribution is 8.19. The molecule has 1 N–H and O–H groups in total. The van der Waals surface area contributed by atoms with E-state index in [0.29, 0.717) is 56.2 Å². The largest absolute Gasteiger partial charge is 0.508 e. The van der Waals surface area contributed by atoms with Gasteiger partial charge in [-0.2, -0.15) is 0 Å². The van der Waals surface area contributed by atoms with Gasteiger partial charge in [0.15, 0.2) is 17.5 Å². The lowest BCUT2D eigenvalue weighted by Gasteiger charge is -2.17. The van der Waals surface area contributed by atoms with Crippen LogP contribution in [0.2, 0.25) is 0 Å². The number of carbonyl (C=O) groups excluding carboxylic acids is 2. The van der Waals surface area contributed by atoms with Crippen LogP contribution in [-0.4, -0.2) is 33.3 Å². The maximum absolute atomic E-state index is 12.8. The lowest BCUT2D eigenvalue weighted by Crippen LogP contribution is -2.11. The van der Waals surface area contributed by atoms with Gasteiger partial charge in [0.25, 0.3) is 0 Å². The first-order valence-electron chi connectivity index (χ1n) is 10.1. The number of carbonyl (C=O) groups is 2. The Labute approximate surface area is 192 Å². The zero-order chi connectivity index (χ0) is 22.2. The van der Waals surface area contributed by atoms with E-state index >= 15 is 0 Å². The molecule has 5 nitrogen and oxygen atoms in total. The zero-order valence-electron chi connectivity index (χ0n) is 16.9. The number of ketones is 1. The van der Waals surface area contributed by atoms with E-state index in [1.807, 2.05) is 11.8 Å². The molecule has 0 bridgehead atoms. The number of fused-ring (bicyclic) bond motifs is 2. The number of phenols is 1. The van der Waals surface area contributed by atoms with Crippen LogP contribution in [0.1, 0.15) is 27.1 Å². The molecule has 7 heteroatoms. The maximum Gasteiger partial charge on any atom is 0.182 e. The normalized spacial score (nSPS) is 15.9. The Bertz CT molecular complexity index is 1390. The summed E-state index contributed by atoms with van der Waals surface area (Å²) in [6, 6.07) is 14.4. The van der Waals surface area contributed by atoms with Crippen LogP contribution in [0.5, 0.6) is 5.75 Å². The number of Topliss-reactive ketones (excluding diaryl/α,β-unsaturated/α-hetero) is 1. The van der Waals surface area contributed by atoms with E-state index in [2.05, 4.69) is 0 Å². The first-order valence-corrected chi connectivity index (χ1v) is 12.3. The zero-order valence-corrected chi connectivity index (χ0v) is 18.5. The minimum Gasteiger partial charge on any atom is -0.508 e. The summed E-state index contributed by atoms with van der Waals surface area (Å²) in [5.74, 6) is 1.38. The monoisotopic (exact) mass is 462 g/mol. The molecule has 0 spiro atoms. The molecule has 0 amide bonds. The first kappa shape index (κ1) is 20.8. The smallest absolute Gasteiger partial charge is 0.182 e. The molecule has 2 aromatic rings. The van der Waals surface area contributed by atoms with Crippen LogP contribution >= 0.6 is 23.5 Å². The van der Waals surface area contributed by atoms with E-state index in [0.717, 1.165) is 17.1 Å². The number of rotatable bonds is 5. The molecule has 5 rings (SSSR count). The van der Waals surface area contributed by atoms with E-state index in [4.69, 9.17) is 4.42 Å². The minimum absolute atomic E-state index is 0.0262. The molecule has 1 fully saturated rings. The quantitative estimate of drug-likeness (QED) is 0.239. The summed E-state index contributed by atoms with van der Waals surface area (Å²) in [5, 5.41) is 11.9. The van der Waals surface area contributed by atoms with Crippen LogP contribution in [0.15, 0.2) is 63.8 Å². The van der Waals surface area contributed by atoms with E-state index in [1.165, 1.54) is 18.2 Å². The van der Waals surface area contributed by atoms with Crippen LogP contribution in [0.25, 0.3) is 33.4 Å². The summed E-state index contributed by atoms with van der Waals surface area (Å²) in [5.41, 5.74) is 3.11. The van der Waals surface area contributed by atoms with Crippen molar-refractivity contribution < 1.29 is 19.1 Å². The molecule has 1 saturated heterocycles. The number of hydrogen-bond donors (Lipinski definition) is 1. The lowest BCUT2D eigenvalue weighted by atomic mass is 9.89. The third kappa shape index (κ3) is 3.82. The molecule has 160 valence electrons. The van der Waals surface area contributed by atoms with Crippen molar-refractivity contribution >= 4 is 46.6 Å². The summed E-state index contributed by atoms with van der Waals surface area (Å²) < 4.78 is 5.87. The van der Waals surface area contributed by atoms with Gasteiger partial charge in [0, 0.05) is 62.3 Å². The van der Waals surface area contributed by atoms with E-state index < -0.39 is 0 Å². The van der Waals surface area contributed by atoms with Crippen molar-refractivity contribution in [3.05, 3.63) is 75.9 Å². The Kier molecular flexibility index (Phi) is 5.53. The third-order valence-electron chi connectivity index (χ3n) is 5.55. The highest BCUT2D eigenvalue weighted by Crippen LogP contribution is 2.42. The van der Waals surface area contributed by atoms with E-state index in [-0.39, 0.29) is 17.0 Å². The molecule has 2 aliphatic heterocycles. The fraction of sp³-hybridized carbons (Fsp3) is 0.160. The molecule has 32 heavy (non-hydrogen) atoms. The molecule has 2 aromatic carbocycles. The van der Waals surface area contributed by atoms with Crippen molar-refractivity contribution in [3.63, 3.8) is 0 Å². The molecule has 0 radical (unpaired) electrons. The Morgan fingerprint density at radius 3 is 2.72 bits per heavy atom. The number of hydrogen-bond acceptors (Lipinski definition) is 7. The van der Waals surface area contributed by atoms with Gasteiger partial charge < -0.3 is 9.52 Å². The standard InChI is InChI=1S/C25H18O5S2/c26-11-15-7-14(22(29)10-18-12-31-13-32-18)1-4-19(15)25-20-5-2-16(27)8-23(20)30-24-9-17(28)3-6-21(24)25/h1-9,11,18,27H,10,12-13H2/t18-/m0/s1. The van der Waals surface area contributed by atoms with Gasteiger partial charge in [-0.1, -0.05) is 12.1 Å². The average Bonchev–Trinajstić information content (AvgIpc) is 3.30. The minimum atomic E-state index is -0.203. The SMILES string of the molecule is O=Cc1cc(C(=O)C[C@H]2CSCS2)ccc1-c1c2ccc(=O)cc-2oc2cc(O)ccc12. The van der Waals surface area contributed by atoms with Crippen LogP contribution in [0, 0.1) is 0 Å². The van der Waals surface area contributed by atoms with Crippen molar-refractivity contribution in [2.75, 3.05) is 10.8 Å². The molecule has 0 saturated carbocycles. The number of aromatic hydroxyl groups is 1. The Hall–Kier alpha value is -3.03. The number of phenolic OH excluding ortho intramolecular Hbond substituents is 1. The van der Waals surface area contributed by atoms with Gasteiger partial charge in [0.05, 0.1) is 0 Å². The first-order chi connectivity index (χ1) is 15.5. The topological polar surface area (TPSA) is 84.6 Å². The van der Waals surface area contributed by atoms with Gasteiger partial charge in [-0.05, 0) is 35.9 Å². The maximum atomic E-state index is 12.8. The van der Waals surface area contributed by atoms with Crippen LogP contribution in [0.3, 0.4) is 0 Å². The fourth-order valence-electron chi connectivity index (χ4n) is 4.03. The highest BCUT2D eigenvalue weighted by Gasteiger charge is 2.23. The Morgan fingerprint density at radius 1 is 1.09 bits per heavy atom. The van der Waals surface area contributed by atoms with Gasteiger partial charge in [0.1, 0.15) is 17.1 Å². The van der Waals surface area contributed by atoms with Crippen LogP contribution in [-0.2, 0) is 0 Å². The molecule has 1 atom stereocenters. The second kappa shape index (κ2) is 8.48. The van der Waals surface area contributed by atoms with Gasteiger partial charge >= 0.3 is 0 Å². The highest BCUT2D eigenvalue weighted by atomic mass is 32.2. The van der Waals surface area contributed by atoms with Gasteiger partial charge in [0.2, 0.25) is 0 Å². The summed E-state index contributed by atoms with van der Waals surface area (Å²) in [6.45, 7) is 0. The average molecular weight is 463 g/mol. The molecule has 0 unspecified atom stereocenters. The van der Waals surface area contributed by atoms with Crippen molar-refractivity contribution in [1.29, 1.82) is 0 Å². The predicted molar refractivity (Wildman–Crippen MR) is 129 cm³/mol. The molecule has 0 aromatic heterocycles. The Balaban J connectivity index is 1.68. The number of benzene rings is 3. The predicted octanol–water partition coefficient (Wildman–Crippen LogP) is 5.46. The second-order valence-corrected chi connectivity index (χ2v) is 10.3. The van der Waals surface area contributed by atoms with Crippen molar-refractivity contribution in [2.24, 2.45) is 0 Å². The van der Waals surface area contributed by atoms with Crippen molar-refractivity contribution in [3.8, 4) is 28.2 Å². The van der Waals surface area contributed by atoms with Crippen LogP contribution in [0.4, 0.5) is 0 Å². The molecular formula is C25H18O5S2. The summed E-state index contributed by atoms with van der Waals surface area (Å²) in [7, 11) is 0. The van der Waals surface area contributed by atoms with E-state index in [1.54, 1.807) is 48.2 Å². The molecule has 1 aliphatic carbocycles. The molecule has 2 heterocycles. The summed E-state index contributed by atoms with van der Waals surface area (Å²) >= 11 is 3.63. The van der Waals surface area contributed by atoms with Crippen molar-refractivity contribution in [2.45, 2.75) is 11.7 Å². The van der Waals surface area contributed by atoms with Gasteiger partial charge in [-0.3, -0.25) is 14.4 Å². The third-order valence-corrected chi connectivity index (χ3v) is 8.42. The number of thioether (sulfide) groups is 2.